The second-order valence-electron chi connectivity index (χ2n) is 7.72. The number of aryl methyl sites for hydroxylation is 1. The van der Waals surface area contributed by atoms with Gasteiger partial charge in [0.25, 0.3) is 5.56 Å². The van der Waals surface area contributed by atoms with E-state index < -0.39 is 0 Å². The molecule has 0 saturated carbocycles. The molecule has 1 aliphatic rings. The minimum Gasteiger partial charge on any atom is -0.497 e. The predicted octanol–water partition coefficient (Wildman–Crippen LogP) is 2.07. The fraction of sp³-hybridized carbons (Fsp3) is 0.381. The second kappa shape index (κ2) is 7.40. The number of fused-ring (bicyclic) bond motifs is 2. The Bertz CT molecular complexity index is 1270. The number of anilines is 1. The summed E-state index contributed by atoms with van der Waals surface area (Å²) in [6.07, 6.45) is 3.64. The minimum atomic E-state index is 0.000263. The highest BCUT2D eigenvalue weighted by molar-refractivity contribution is 5.78. The summed E-state index contributed by atoms with van der Waals surface area (Å²) in [6, 6.07) is 9.33. The van der Waals surface area contributed by atoms with Crippen LogP contribution in [0.5, 0.6) is 5.75 Å². The first-order valence-corrected chi connectivity index (χ1v) is 10.1. The summed E-state index contributed by atoms with van der Waals surface area (Å²) in [6.45, 7) is 4.38. The zero-order valence-electron chi connectivity index (χ0n) is 17.0. The Labute approximate surface area is 172 Å². The Balaban J connectivity index is 1.29. The molecular weight excluding hydrogens is 382 g/mol. The highest BCUT2D eigenvalue weighted by atomic mass is 16.5. The number of piperidine rings is 1. The molecule has 4 heterocycles. The summed E-state index contributed by atoms with van der Waals surface area (Å²) in [5.74, 6) is 2.84. The third-order valence-corrected chi connectivity index (χ3v) is 5.83. The van der Waals surface area contributed by atoms with E-state index in [2.05, 4.69) is 25.2 Å². The number of ether oxygens (including phenoxy) is 1. The van der Waals surface area contributed by atoms with E-state index >= 15 is 0 Å². The second-order valence-corrected chi connectivity index (χ2v) is 7.72. The standard InChI is InChI=1S/C21H23N7O2/c1-14-23-24-19-5-6-20(25-28(14)19)26-9-7-15(8-10-26)12-27-13-22-18-11-16(30-2)3-4-17(18)21(27)29/h3-6,11,13,15H,7-10,12H2,1-2H3. The van der Waals surface area contributed by atoms with Crippen LogP contribution >= 0.6 is 0 Å². The molecular formula is C21H23N7O2. The largest absolute Gasteiger partial charge is 0.497 e. The summed E-state index contributed by atoms with van der Waals surface area (Å²) in [5, 5.41) is 13.5. The summed E-state index contributed by atoms with van der Waals surface area (Å²) >= 11 is 0. The highest BCUT2D eigenvalue weighted by Crippen LogP contribution is 2.23. The van der Waals surface area contributed by atoms with Gasteiger partial charge in [0.2, 0.25) is 0 Å². The fourth-order valence-electron chi connectivity index (χ4n) is 4.07. The number of aromatic nitrogens is 6. The Morgan fingerprint density at radius 3 is 2.77 bits per heavy atom. The number of methoxy groups -OCH3 is 1. The van der Waals surface area contributed by atoms with E-state index in [9.17, 15) is 4.79 Å². The summed E-state index contributed by atoms with van der Waals surface area (Å²) < 4.78 is 8.73. The third kappa shape index (κ3) is 3.26. The zero-order valence-corrected chi connectivity index (χ0v) is 17.0. The first-order chi connectivity index (χ1) is 14.6. The molecule has 1 aromatic carbocycles. The van der Waals surface area contributed by atoms with Gasteiger partial charge in [0.1, 0.15) is 11.6 Å². The van der Waals surface area contributed by atoms with Gasteiger partial charge in [0.05, 0.1) is 24.3 Å². The van der Waals surface area contributed by atoms with E-state index in [-0.39, 0.29) is 5.56 Å². The van der Waals surface area contributed by atoms with Crippen molar-refractivity contribution in [2.75, 3.05) is 25.1 Å². The summed E-state index contributed by atoms with van der Waals surface area (Å²) in [5.41, 5.74) is 1.42. The van der Waals surface area contributed by atoms with Crippen LogP contribution < -0.4 is 15.2 Å². The number of benzene rings is 1. The van der Waals surface area contributed by atoms with E-state index in [4.69, 9.17) is 4.74 Å². The molecule has 1 aliphatic heterocycles. The van der Waals surface area contributed by atoms with Gasteiger partial charge >= 0.3 is 0 Å². The molecule has 0 aliphatic carbocycles. The molecule has 154 valence electrons. The molecule has 0 radical (unpaired) electrons. The smallest absolute Gasteiger partial charge is 0.261 e. The molecule has 9 heteroatoms. The van der Waals surface area contributed by atoms with Crippen molar-refractivity contribution in [1.29, 1.82) is 0 Å². The fourth-order valence-corrected chi connectivity index (χ4v) is 4.07. The van der Waals surface area contributed by atoms with Gasteiger partial charge in [0.15, 0.2) is 11.5 Å². The van der Waals surface area contributed by atoms with Crippen LogP contribution in [0.3, 0.4) is 0 Å². The van der Waals surface area contributed by atoms with Crippen LogP contribution in [-0.2, 0) is 6.54 Å². The van der Waals surface area contributed by atoms with Gasteiger partial charge in [-0.05, 0) is 49.9 Å². The maximum atomic E-state index is 12.9. The Morgan fingerprint density at radius 1 is 1.13 bits per heavy atom. The molecule has 3 aromatic heterocycles. The van der Waals surface area contributed by atoms with Gasteiger partial charge in [-0.25, -0.2) is 4.98 Å². The van der Waals surface area contributed by atoms with Gasteiger partial charge in [-0.3, -0.25) is 9.36 Å². The average Bonchev–Trinajstić information content (AvgIpc) is 3.16. The molecule has 0 amide bonds. The van der Waals surface area contributed by atoms with E-state index in [0.717, 1.165) is 43.2 Å². The molecule has 1 fully saturated rings. The summed E-state index contributed by atoms with van der Waals surface area (Å²) in [4.78, 5) is 19.6. The van der Waals surface area contributed by atoms with Crippen molar-refractivity contribution in [3.63, 3.8) is 0 Å². The molecule has 4 aromatic rings. The minimum absolute atomic E-state index is 0.000263. The molecule has 1 saturated heterocycles. The Kier molecular flexibility index (Phi) is 4.57. The Morgan fingerprint density at radius 2 is 1.97 bits per heavy atom. The van der Waals surface area contributed by atoms with Crippen LogP contribution in [0.25, 0.3) is 16.6 Å². The van der Waals surface area contributed by atoms with Crippen molar-refractivity contribution in [2.24, 2.45) is 5.92 Å². The van der Waals surface area contributed by atoms with E-state index in [0.29, 0.717) is 29.1 Å². The lowest BCUT2D eigenvalue weighted by Crippen LogP contribution is -2.37. The van der Waals surface area contributed by atoms with Crippen LogP contribution in [0.1, 0.15) is 18.7 Å². The lowest BCUT2D eigenvalue weighted by atomic mass is 9.96. The zero-order chi connectivity index (χ0) is 20.7. The van der Waals surface area contributed by atoms with Crippen molar-refractivity contribution in [2.45, 2.75) is 26.3 Å². The lowest BCUT2D eigenvalue weighted by Gasteiger charge is -2.32. The van der Waals surface area contributed by atoms with E-state index in [1.165, 1.54) is 0 Å². The van der Waals surface area contributed by atoms with Crippen LogP contribution in [0.15, 0.2) is 41.5 Å². The van der Waals surface area contributed by atoms with Gasteiger partial charge < -0.3 is 9.64 Å². The first-order valence-electron chi connectivity index (χ1n) is 10.1. The Hall–Kier alpha value is -3.49. The number of hydrogen-bond donors (Lipinski definition) is 0. The van der Waals surface area contributed by atoms with Crippen molar-refractivity contribution >= 4 is 22.4 Å². The molecule has 0 spiro atoms. The summed E-state index contributed by atoms with van der Waals surface area (Å²) in [7, 11) is 1.61. The van der Waals surface area contributed by atoms with Crippen molar-refractivity contribution in [3.8, 4) is 5.75 Å². The van der Waals surface area contributed by atoms with Crippen molar-refractivity contribution in [1.82, 2.24) is 29.4 Å². The predicted molar refractivity (Wildman–Crippen MR) is 113 cm³/mol. The quantitative estimate of drug-likeness (QED) is 0.513. The maximum absolute atomic E-state index is 12.9. The topological polar surface area (TPSA) is 90.4 Å². The molecule has 9 nitrogen and oxygen atoms in total. The maximum Gasteiger partial charge on any atom is 0.261 e. The van der Waals surface area contributed by atoms with E-state index in [1.807, 2.05) is 19.1 Å². The number of hydrogen-bond acceptors (Lipinski definition) is 7. The van der Waals surface area contributed by atoms with Crippen molar-refractivity contribution < 1.29 is 4.74 Å². The van der Waals surface area contributed by atoms with Gasteiger partial charge in [-0.1, -0.05) is 0 Å². The molecule has 30 heavy (non-hydrogen) atoms. The molecule has 5 rings (SSSR count). The van der Waals surface area contributed by atoms with Gasteiger partial charge in [-0.15, -0.1) is 15.3 Å². The van der Waals surface area contributed by atoms with E-state index in [1.54, 1.807) is 40.7 Å². The molecule has 0 bridgehead atoms. The molecule has 0 atom stereocenters. The highest BCUT2D eigenvalue weighted by Gasteiger charge is 2.22. The third-order valence-electron chi connectivity index (χ3n) is 5.83. The lowest BCUT2D eigenvalue weighted by molar-refractivity contribution is 0.350. The van der Waals surface area contributed by atoms with Crippen LogP contribution in [0, 0.1) is 12.8 Å². The first kappa shape index (κ1) is 18.5. The van der Waals surface area contributed by atoms with Crippen LogP contribution in [0.2, 0.25) is 0 Å². The van der Waals surface area contributed by atoms with Crippen molar-refractivity contribution in [3.05, 3.63) is 52.8 Å². The average molecular weight is 405 g/mol. The molecule has 0 unspecified atom stereocenters. The monoisotopic (exact) mass is 405 g/mol. The van der Waals surface area contributed by atoms with Gasteiger partial charge in [0, 0.05) is 25.7 Å². The van der Waals surface area contributed by atoms with Gasteiger partial charge in [-0.2, -0.15) is 4.52 Å². The normalized spacial score (nSPS) is 15.2. The van der Waals surface area contributed by atoms with Crippen LogP contribution in [-0.4, -0.2) is 49.6 Å². The molecule has 0 N–H and O–H groups in total. The SMILES string of the molecule is COc1ccc2c(=O)n(CC3CCN(c4ccc5nnc(C)n5n4)CC3)cnc2c1. The number of rotatable bonds is 4. The number of nitrogens with zero attached hydrogens (tertiary/aromatic N) is 7. The van der Waals surface area contributed by atoms with Crippen LogP contribution in [0.4, 0.5) is 5.82 Å².